The van der Waals surface area contributed by atoms with E-state index in [0.29, 0.717) is 5.56 Å². The lowest BCUT2D eigenvalue weighted by Gasteiger charge is -2.16. The minimum absolute atomic E-state index is 0.0388. The van der Waals surface area contributed by atoms with Crippen LogP contribution in [0.3, 0.4) is 0 Å². The van der Waals surface area contributed by atoms with Gasteiger partial charge in [-0.3, -0.25) is 9.59 Å². The Kier molecular flexibility index (Phi) is 5.73. The van der Waals surface area contributed by atoms with Gasteiger partial charge in [0.1, 0.15) is 17.5 Å². The number of nitrogens with one attached hydrogen (secondary N) is 1. The summed E-state index contributed by atoms with van der Waals surface area (Å²) in [5.41, 5.74) is 0.702. The number of para-hydroxylation sites is 1. The topological polar surface area (TPSA) is 113 Å². The van der Waals surface area contributed by atoms with E-state index in [1.165, 1.54) is 31.2 Å². The summed E-state index contributed by atoms with van der Waals surface area (Å²) in [6.07, 6.45) is 0.0388. The number of carbonyl (C=O) groups is 3. The monoisotopic (exact) mass is 343 g/mol. The zero-order valence-corrected chi connectivity index (χ0v) is 13.4. The number of carboxylic acids is 1. The molecule has 7 nitrogen and oxygen atoms in total. The van der Waals surface area contributed by atoms with Crippen LogP contribution in [-0.2, 0) is 16.0 Å². The standard InChI is InChI=1S/C18H17NO6/c1-11(20)25-16-5-3-2-4-14(16)17(22)19-15(18(23)24)10-12-6-8-13(21)9-7-12/h2-9,15,21H,10H2,1H3,(H,19,22)(H,23,24). The van der Waals surface area contributed by atoms with E-state index in [1.54, 1.807) is 24.3 Å². The summed E-state index contributed by atoms with van der Waals surface area (Å²) >= 11 is 0. The van der Waals surface area contributed by atoms with Gasteiger partial charge >= 0.3 is 11.9 Å². The number of carbonyl (C=O) groups excluding carboxylic acids is 2. The number of ether oxygens (including phenoxy) is 1. The largest absolute Gasteiger partial charge is 0.508 e. The highest BCUT2D eigenvalue weighted by atomic mass is 16.5. The van der Waals surface area contributed by atoms with E-state index in [2.05, 4.69) is 5.32 Å². The number of phenolic OH excluding ortho intramolecular Hbond substituents is 1. The molecule has 25 heavy (non-hydrogen) atoms. The second-order valence-corrected chi connectivity index (χ2v) is 5.32. The molecule has 2 rings (SSSR count). The lowest BCUT2D eigenvalue weighted by molar-refractivity contribution is -0.139. The average Bonchev–Trinajstić information content (AvgIpc) is 2.56. The van der Waals surface area contributed by atoms with Gasteiger partial charge in [-0.15, -0.1) is 0 Å². The molecule has 2 aromatic rings. The molecule has 1 amide bonds. The van der Waals surface area contributed by atoms with E-state index in [9.17, 15) is 24.6 Å². The predicted octanol–water partition coefficient (Wildman–Crippen LogP) is 1.74. The summed E-state index contributed by atoms with van der Waals surface area (Å²) in [7, 11) is 0. The molecule has 0 fully saturated rings. The van der Waals surface area contributed by atoms with Crippen LogP contribution >= 0.6 is 0 Å². The molecule has 1 atom stereocenters. The average molecular weight is 343 g/mol. The third kappa shape index (κ3) is 5.07. The van der Waals surface area contributed by atoms with E-state index in [0.717, 1.165) is 0 Å². The first kappa shape index (κ1) is 18.0. The van der Waals surface area contributed by atoms with Gasteiger partial charge in [0.05, 0.1) is 5.56 Å². The molecule has 1 unspecified atom stereocenters. The molecule has 0 radical (unpaired) electrons. The molecule has 7 heteroatoms. The van der Waals surface area contributed by atoms with Crippen molar-refractivity contribution in [2.24, 2.45) is 0 Å². The summed E-state index contributed by atoms with van der Waals surface area (Å²) in [6.45, 7) is 1.21. The molecule has 0 aromatic heterocycles. The molecular weight excluding hydrogens is 326 g/mol. The predicted molar refractivity (Wildman–Crippen MR) is 88.5 cm³/mol. The minimum Gasteiger partial charge on any atom is -0.508 e. The van der Waals surface area contributed by atoms with Crippen LogP contribution in [0.4, 0.5) is 0 Å². The summed E-state index contributed by atoms with van der Waals surface area (Å²) in [5.74, 6) is -2.33. The molecule has 0 aliphatic carbocycles. The Balaban J connectivity index is 2.17. The van der Waals surface area contributed by atoms with Crippen molar-refractivity contribution in [2.75, 3.05) is 0 Å². The Hall–Kier alpha value is -3.35. The highest BCUT2D eigenvalue weighted by Gasteiger charge is 2.23. The van der Waals surface area contributed by atoms with Crippen molar-refractivity contribution in [3.8, 4) is 11.5 Å². The molecule has 0 heterocycles. The van der Waals surface area contributed by atoms with Gasteiger partial charge in [-0.25, -0.2) is 4.79 Å². The third-order valence-electron chi connectivity index (χ3n) is 3.36. The SMILES string of the molecule is CC(=O)Oc1ccccc1C(=O)NC(Cc1ccc(O)cc1)C(=O)O. The molecular formula is C18H17NO6. The maximum Gasteiger partial charge on any atom is 0.326 e. The van der Waals surface area contributed by atoms with Gasteiger partial charge in [0.2, 0.25) is 0 Å². The summed E-state index contributed by atoms with van der Waals surface area (Å²) < 4.78 is 4.97. The van der Waals surface area contributed by atoms with Crippen molar-refractivity contribution in [3.63, 3.8) is 0 Å². The normalized spacial score (nSPS) is 11.4. The fraction of sp³-hybridized carbons (Fsp3) is 0.167. The maximum atomic E-state index is 12.4. The minimum atomic E-state index is -1.20. The van der Waals surface area contributed by atoms with Crippen LogP contribution < -0.4 is 10.1 Å². The van der Waals surface area contributed by atoms with E-state index in [1.807, 2.05) is 0 Å². The van der Waals surface area contributed by atoms with Gasteiger partial charge in [0, 0.05) is 13.3 Å². The van der Waals surface area contributed by atoms with Crippen LogP contribution in [0.25, 0.3) is 0 Å². The third-order valence-corrected chi connectivity index (χ3v) is 3.36. The van der Waals surface area contributed by atoms with Gasteiger partial charge in [0.15, 0.2) is 0 Å². The van der Waals surface area contributed by atoms with Crippen molar-refractivity contribution < 1.29 is 29.3 Å². The number of rotatable bonds is 6. The number of aromatic hydroxyl groups is 1. The first-order valence-corrected chi connectivity index (χ1v) is 7.46. The first-order chi connectivity index (χ1) is 11.9. The van der Waals surface area contributed by atoms with Gasteiger partial charge in [-0.2, -0.15) is 0 Å². The Morgan fingerprint density at radius 2 is 1.72 bits per heavy atom. The number of amides is 1. The molecule has 3 N–H and O–H groups in total. The molecule has 130 valence electrons. The van der Waals surface area contributed by atoms with Gasteiger partial charge in [-0.1, -0.05) is 24.3 Å². The van der Waals surface area contributed by atoms with E-state index in [-0.39, 0.29) is 23.5 Å². The molecule has 0 spiro atoms. The fourth-order valence-corrected chi connectivity index (χ4v) is 2.20. The van der Waals surface area contributed by atoms with Crippen molar-refractivity contribution in [2.45, 2.75) is 19.4 Å². The van der Waals surface area contributed by atoms with E-state index >= 15 is 0 Å². The highest BCUT2D eigenvalue weighted by Crippen LogP contribution is 2.18. The Labute approximate surface area is 143 Å². The van der Waals surface area contributed by atoms with Crippen LogP contribution in [0.2, 0.25) is 0 Å². The number of hydrogen-bond donors (Lipinski definition) is 3. The van der Waals surface area contributed by atoms with Crippen molar-refractivity contribution in [1.29, 1.82) is 0 Å². The summed E-state index contributed by atoms with van der Waals surface area (Å²) in [5, 5.41) is 21.0. The number of carboxylic acid groups (broad SMARTS) is 1. The number of esters is 1. The number of benzene rings is 2. The smallest absolute Gasteiger partial charge is 0.326 e. The summed E-state index contributed by atoms with van der Waals surface area (Å²) in [4.78, 5) is 35.0. The zero-order valence-electron chi connectivity index (χ0n) is 13.4. The lowest BCUT2D eigenvalue weighted by Crippen LogP contribution is -2.42. The highest BCUT2D eigenvalue weighted by molar-refractivity contribution is 5.99. The molecule has 0 saturated carbocycles. The maximum absolute atomic E-state index is 12.4. The van der Waals surface area contributed by atoms with Crippen LogP contribution in [0.1, 0.15) is 22.8 Å². The molecule has 0 bridgehead atoms. The first-order valence-electron chi connectivity index (χ1n) is 7.46. The van der Waals surface area contributed by atoms with Gasteiger partial charge in [-0.05, 0) is 29.8 Å². The molecule has 0 aliphatic heterocycles. The fourth-order valence-electron chi connectivity index (χ4n) is 2.20. The number of hydrogen-bond acceptors (Lipinski definition) is 5. The van der Waals surface area contributed by atoms with Crippen molar-refractivity contribution in [1.82, 2.24) is 5.32 Å². The Morgan fingerprint density at radius 1 is 1.08 bits per heavy atom. The molecule has 0 aliphatic rings. The van der Waals surface area contributed by atoms with Crippen LogP contribution in [0.5, 0.6) is 11.5 Å². The quantitative estimate of drug-likeness (QED) is 0.544. The second kappa shape index (κ2) is 7.96. The number of phenols is 1. The molecule has 2 aromatic carbocycles. The van der Waals surface area contributed by atoms with E-state index < -0.39 is 23.9 Å². The van der Waals surface area contributed by atoms with Gasteiger partial charge < -0.3 is 20.3 Å². The van der Waals surface area contributed by atoms with Crippen LogP contribution in [0, 0.1) is 0 Å². The Bertz CT molecular complexity index is 784. The van der Waals surface area contributed by atoms with Crippen molar-refractivity contribution >= 4 is 17.8 Å². The second-order valence-electron chi connectivity index (χ2n) is 5.32. The Morgan fingerprint density at radius 3 is 2.32 bits per heavy atom. The number of aliphatic carboxylic acids is 1. The van der Waals surface area contributed by atoms with E-state index in [4.69, 9.17) is 4.74 Å². The van der Waals surface area contributed by atoms with Crippen molar-refractivity contribution in [3.05, 3.63) is 59.7 Å². The summed E-state index contributed by atoms with van der Waals surface area (Å²) in [6, 6.07) is 10.9. The zero-order chi connectivity index (χ0) is 18.4. The lowest BCUT2D eigenvalue weighted by atomic mass is 10.0. The van der Waals surface area contributed by atoms with Gasteiger partial charge in [0.25, 0.3) is 5.91 Å². The van der Waals surface area contributed by atoms with Crippen LogP contribution in [0.15, 0.2) is 48.5 Å². The van der Waals surface area contributed by atoms with Crippen LogP contribution in [-0.4, -0.2) is 34.1 Å². The molecule has 0 saturated heterocycles.